The Morgan fingerprint density at radius 3 is 2.68 bits per heavy atom. The van der Waals surface area contributed by atoms with Crippen molar-refractivity contribution in [1.82, 2.24) is 19.4 Å². The Morgan fingerprint density at radius 1 is 1.28 bits per heavy atom. The molecule has 0 bridgehead atoms. The van der Waals surface area contributed by atoms with Gasteiger partial charge in [0.2, 0.25) is 0 Å². The fraction of sp³-hybridized carbons (Fsp3) is 0.500. The van der Waals surface area contributed by atoms with Crippen molar-refractivity contribution in [2.45, 2.75) is 32.4 Å². The Balaban J connectivity index is 1.53. The van der Waals surface area contributed by atoms with E-state index >= 15 is 0 Å². The molecule has 1 atom stereocenters. The summed E-state index contributed by atoms with van der Waals surface area (Å²) < 4.78 is 1.24. The first kappa shape index (κ1) is 17.6. The molecule has 0 amide bonds. The third-order valence-electron chi connectivity index (χ3n) is 4.86. The molecule has 0 unspecified atom stereocenters. The summed E-state index contributed by atoms with van der Waals surface area (Å²) >= 11 is 0. The second-order valence-corrected chi connectivity index (χ2v) is 6.63. The molecule has 134 valence electrons. The number of aromatic amines is 1. The first-order chi connectivity index (χ1) is 12.0. The predicted octanol–water partition coefficient (Wildman–Crippen LogP) is 0.686. The van der Waals surface area contributed by atoms with E-state index in [2.05, 4.69) is 14.9 Å². The largest absolute Gasteiger partial charge is 0.387 e. The van der Waals surface area contributed by atoms with E-state index in [0.29, 0.717) is 18.8 Å². The molecule has 1 fully saturated rings. The lowest BCUT2D eigenvalue weighted by atomic mass is 9.89. The summed E-state index contributed by atoms with van der Waals surface area (Å²) in [5, 5.41) is 10.5. The number of nitrogens with zero attached hydrogens (tertiary/aromatic N) is 3. The predicted molar refractivity (Wildman–Crippen MR) is 94.4 cm³/mol. The first-order valence-corrected chi connectivity index (χ1v) is 8.66. The second-order valence-electron chi connectivity index (χ2n) is 6.63. The maximum absolute atomic E-state index is 11.9. The molecule has 0 aliphatic carbocycles. The Bertz CT molecular complexity index is 776. The number of aliphatic hydroxyl groups excluding tert-OH is 1. The summed E-state index contributed by atoms with van der Waals surface area (Å²) in [5.41, 5.74) is 0.682. The maximum Gasteiger partial charge on any atom is 0.328 e. The van der Waals surface area contributed by atoms with Crippen molar-refractivity contribution in [3.05, 3.63) is 62.7 Å². The lowest BCUT2D eigenvalue weighted by Crippen LogP contribution is -2.42. The Hall–Kier alpha value is -2.25. The maximum atomic E-state index is 11.9. The lowest BCUT2D eigenvalue weighted by molar-refractivity contribution is 0.0550. The molecule has 2 aromatic heterocycles. The minimum atomic E-state index is -0.536. The number of hydrogen-bond acceptors (Lipinski definition) is 5. The molecule has 3 heterocycles. The van der Waals surface area contributed by atoms with Gasteiger partial charge in [-0.3, -0.25) is 14.3 Å². The molecule has 2 N–H and O–H groups in total. The van der Waals surface area contributed by atoms with E-state index in [9.17, 15) is 14.7 Å². The topological polar surface area (TPSA) is 91.2 Å². The molecule has 0 saturated carbocycles. The summed E-state index contributed by atoms with van der Waals surface area (Å²) in [7, 11) is 0. The number of H-pyrrole nitrogens is 1. The minimum absolute atomic E-state index is 0.191. The number of aromatic nitrogens is 3. The fourth-order valence-corrected chi connectivity index (χ4v) is 3.37. The van der Waals surface area contributed by atoms with Crippen molar-refractivity contribution < 1.29 is 5.11 Å². The summed E-state index contributed by atoms with van der Waals surface area (Å²) in [6, 6.07) is 7.02. The highest BCUT2D eigenvalue weighted by atomic mass is 16.3. The number of rotatable bonds is 5. The van der Waals surface area contributed by atoms with Crippen LogP contribution < -0.4 is 11.2 Å². The molecule has 0 radical (unpaired) electrons. The van der Waals surface area contributed by atoms with Gasteiger partial charge in [-0.25, -0.2) is 4.79 Å². The number of hydrogen-bond donors (Lipinski definition) is 2. The van der Waals surface area contributed by atoms with Crippen LogP contribution in [-0.2, 0) is 6.54 Å². The zero-order chi connectivity index (χ0) is 17.8. The summed E-state index contributed by atoms with van der Waals surface area (Å²) in [6.07, 6.45) is 2.91. The third-order valence-corrected chi connectivity index (χ3v) is 4.86. The van der Waals surface area contributed by atoms with E-state index in [0.717, 1.165) is 31.6 Å². The van der Waals surface area contributed by atoms with Gasteiger partial charge in [-0.15, -0.1) is 0 Å². The van der Waals surface area contributed by atoms with Crippen LogP contribution in [-0.4, -0.2) is 44.2 Å². The van der Waals surface area contributed by atoms with Gasteiger partial charge in [-0.1, -0.05) is 6.07 Å². The molecular formula is C18H24N4O3. The van der Waals surface area contributed by atoms with Gasteiger partial charge in [0.05, 0.1) is 11.8 Å². The van der Waals surface area contributed by atoms with Crippen molar-refractivity contribution in [1.29, 1.82) is 0 Å². The van der Waals surface area contributed by atoms with Gasteiger partial charge in [-0.05, 0) is 50.9 Å². The SMILES string of the molecule is Cc1cc(=O)n(CCN2CCC([C@@H](O)c3ccccn3)CC2)c(=O)[nH]1. The molecular weight excluding hydrogens is 320 g/mol. The number of aliphatic hydroxyl groups is 1. The lowest BCUT2D eigenvalue weighted by Gasteiger charge is -2.34. The Morgan fingerprint density at radius 2 is 2.04 bits per heavy atom. The molecule has 0 aromatic carbocycles. The molecule has 3 rings (SSSR count). The van der Waals surface area contributed by atoms with E-state index in [1.165, 1.54) is 10.6 Å². The number of piperidine rings is 1. The third kappa shape index (κ3) is 4.24. The zero-order valence-electron chi connectivity index (χ0n) is 14.4. The average molecular weight is 344 g/mol. The van der Waals surface area contributed by atoms with E-state index in [1.54, 1.807) is 13.1 Å². The summed E-state index contributed by atoms with van der Waals surface area (Å²) in [4.78, 5) is 32.9. The van der Waals surface area contributed by atoms with Gasteiger partial charge in [0, 0.05) is 31.0 Å². The number of nitrogens with one attached hydrogen (secondary N) is 1. The van der Waals surface area contributed by atoms with Gasteiger partial charge in [0.15, 0.2) is 0 Å². The molecule has 7 nitrogen and oxygen atoms in total. The van der Waals surface area contributed by atoms with Crippen LogP contribution in [0.1, 0.15) is 30.3 Å². The highest BCUT2D eigenvalue weighted by Gasteiger charge is 2.26. The van der Waals surface area contributed by atoms with Crippen molar-refractivity contribution in [2.75, 3.05) is 19.6 Å². The monoisotopic (exact) mass is 344 g/mol. The molecule has 7 heteroatoms. The van der Waals surface area contributed by atoms with E-state index in [1.807, 2.05) is 18.2 Å². The van der Waals surface area contributed by atoms with Gasteiger partial charge < -0.3 is 15.0 Å². The zero-order valence-corrected chi connectivity index (χ0v) is 14.4. The smallest absolute Gasteiger partial charge is 0.328 e. The Kier molecular flexibility index (Phi) is 5.45. The van der Waals surface area contributed by atoms with Crippen LogP contribution in [0.4, 0.5) is 0 Å². The summed E-state index contributed by atoms with van der Waals surface area (Å²) in [6.45, 7) is 4.41. The second kappa shape index (κ2) is 7.76. The van der Waals surface area contributed by atoms with E-state index < -0.39 is 6.10 Å². The first-order valence-electron chi connectivity index (χ1n) is 8.66. The summed E-state index contributed by atoms with van der Waals surface area (Å²) in [5.74, 6) is 0.191. The van der Waals surface area contributed by atoms with Crippen molar-refractivity contribution in [3.8, 4) is 0 Å². The highest BCUT2D eigenvalue weighted by molar-refractivity contribution is 5.08. The molecule has 1 saturated heterocycles. The highest BCUT2D eigenvalue weighted by Crippen LogP contribution is 2.29. The van der Waals surface area contributed by atoms with Gasteiger partial charge in [0.25, 0.3) is 5.56 Å². The van der Waals surface area contributed by atoms with Gasteiger partial charge in [-0.2, -0.15) is 0 Å². The van der Waals surface area contributed by atoms with Gasteiger partial charge in [0.1, 0.15) is 0 Å². The van der Waals surface area contributed by atoms with Gasteiger partial charge >= 0.3 is 5.69 Å². The van der Waals surface area contributed by atoms with Crippen LogP contribution in [0.15, 0.2) is 40.1 Å². The number of likely N-dealkylation sites (tertiary alicyclic amines) is 1. The Labute approximate surface area is 146 Å². The molecule has 25 heavy (non-hydrogen) atoms. The normalized spacial score (nSPS) is 17.5. The minimum Gasteiger partial charge on any atom is -0.387 e. The standard InChI is InChI=1S/C18H24N4O3/c1-13-12-16(23)22(18(25)20-13)11-10-21-8-5-14(6-9-21)17(24)15-4-2-3-7-19-15/h2-4,7,12,14,17,24H,5-6,8-11H2,1H3,(H,20,25)/t17-/m1/s1. The van der Waals surface area contributed by atoms with Crippen molar-refractivity contribution in [3.63, 3.8) is 0 Å². The molecule has 1 aliphatic heterocycles. The fourth-order valence-electron chi connectivity index (χ4n) is 3.37. The molecule has 1 aliphatic rings. The van der Waals surface area contributed by atoms with Crippen LogP contribution >= 0.6 is 0 Å². The van der Waals surface area contributed by atoms with Crippen LogP contribution in [0.5, 0.6) is 0 Å². The van der Waals surface area contributed by atoms with Crippen LogP contribution in [0.2, 0.25) is 0 Å². The quantitative estimate of drug-likeness (QED) is 0.833. The van der Waals surface area contributed by atoms with Crippen LogP contribution in [0, 0.1) is 12.8 Å². The van der Waals surface area contributed by atoms with E-state index in [-0.39, 0.29) is 17.2 Å². The van der Waals surface area contributed by atoms with Crippen molar-refractivity contribution >= 4 is 0 Å². The molecule has 2 aromatic rings. The average Bonchev–Trinajstić information content (AvgIpc) is 2.61. The number of aryl methyl sites for hydroxylation is 1. The van der Waals surface area contributed by atoms with Crippen LogP contribution in [0.25, 0.3) is 0 Å². The van der Waals surface area contributed by atoms with Crippen LogP contribution in [0.3, 0.4) is 0 Å². The van der Waals surface area contributed by atoms with E-state index in [4.69, 9.17) is 0 Å². The molecule has 0 spiro atoms. The number of pyridine rings is 1. The van der Waals surface area contributed by atoms with Crippen molar-refractivity contribution in [2.24, 2.45) is 5.92 Å².